The predicted molar refractivity (Wildman–Crippen MR) is 154 cm³/mol. The van der Waals surface area contributed by atoms with Crippen LogP contribution >= 0.6 is 0 Å². The average Bonchev–Trinajstić information content (AvgIpc) is 2.92. The lowest BCUT2D eigenvalue weighted by atomic mass is 9.82. The molecule has 35 heavy (non-hydrogen) atoms. The fourth-order valence-corrected chi connectivity index (χ4v) is 7.30. The number of hydrogen-bond donors (Lipinski definition) is 0. The monoisotopic (exact) mass is 443 g/mol. The molecule has 0 spiro atoms. The number of benzene rings is 8. The van der Waals surface area contributed by atoms with Gasteiger partial charge in [-0.05, 0) is 93.0 Å². The van der Waals surface area contributed by atoms with E-state index in [1.807, 2.05) is 0 Å². The number of fused-ring (bicyclic) bond motifs is 4. The molecule has 2 heteroatoms. The molecule has 0 saturated carbocycles. The summed E-state index contributed by atoms with van der Waals surface area (Å²) in [6.45, 7) is 2.09. The zero-order valence-corrected chi connectivity index (χ0v) is 19.7. The van der Waals surface area contributed by atoms with Crippen molar-refractivity contribution in [2.45, 2.75) is 13.1 Å². The van der Waals surface area contributed by atoms with Crippen LogP contribution in [-0.2, 0) is 13.1 Å². The van der Waals surface area contributed by atoms with Crippen molar-refractivity contribution in [1.82, 2.24) is 4.90 Å². The highest BCUT2D eigenvalue weighted by Crippen LogP contribution is 2.48. The van der Waals surface area contributed by atoms with Gasteiger partial charge in [0, 0.05) is 13.1 Å². The summed E-state index contributed by atoms with van der Waals surface area (Å²) in [5.41, 5.74) is 2.95. The third-order valence-corrected chi connectivity index (χ3v) is 8.79. The Morgan fingerprint density at radius 1 is 0.457 bits per heavy atom. The molecule has 0 N–H and O–H groups in total. The predicted octanol–water partition coefficient (Wildman–Crippen LogP) is 7.54. The van der Waals surface area contributed by atoms with Gasteiger partial charge in [-0.25, -0.2) is 0 Å². The lowest BCUT2D eigenvalue weighted by molar-refractivity contribution is 0.297. The van der Waals surface area contributed by atoms with Gasteiger partial charge in [-0.15, -0.1) is 0 Å². The van der Waals surface area contributed by atoms with Crippen LogP contribution in [0.3, 0.4) is 0 Å². The SMILES string of the molecule is BCN1Cc2ccc3c4ccc5c6cccc7cccc(c8ccc(c9ccc(c2c39)C1)c4c58)c76. The summed E-state index contributed by atoms with van der Waals surface area (Å²) < 4.78 is 0. The molecule has 162 valence electrons. The van der Waals surface area contributed by atoms with Crippen LogP contribution in [0.15, 0.2) is 84.9 Å². The third kappa shape index (κ3) is 2.12. The molecule has 1 aliphatic heterocycles. The Bertz CT molecular complexity index is 2020. The van der Waals surface area contributed by atoms with Crippen molar-refractivity contribution in [1.29, 1.82) is 0 Å². The second-order valence-corrected chi connectivity index (χ2v) is 10.4. The van der Waals surface area contributed by atoms with Crippen LogP contribution in [0.5, 0.6) is 0 Å². The Balaban J connectivity index is 1.56. The summed E-state index contributed by atoms with van der Waals surface area (Å²) in [4.78, 5) is 2.54. The number of hydrogen-bond acceptors (Lipinski definition) is 1. The molecule has 8 aromatic carbocycles. The zero-order chi connectivity index (χ0) is 22.8. The summed E-state index contributed by atoms with van der Waals surface area (Å²) in [7, 11) is 2.27. The molecule has 0 radical (unpaired) electrons. The topological polar surface area (TPSA) is 3.24 Å². The van der Waals surface area contributed by atoms with Crippen molar-refractivity contribution in [2.75, 3.05) is 6.44 Å². The van der Waals surface area contributed by atoms with E-state index in [-0.39, 0.29) is 0 Å². The van der Waals surface area contributed by atoms with Crippen molar-refractivity contribution in [3.63, 3.8) is 0 Å². The fraction of sp³-hybridized carbons (Fsp3) is 0.0909. The quantitative estimate of drug-likeness (QED) is 0.144. The molecule has 0 aliphatic carbocycles. The first-order valence-electron chi connectivity index (χ1n) is 12.7. The Morgan fingerprint density at radius 3 is 1.31 bits per heavy atom. The Labute approximate surface area is 203 Å². The highest BCUT2D eigenvalue weighted by molar-refractivity contribution is 6.42. The maximum atomic E-state index is 2.54. The van der Waals surface area contributed by atoms with Gasteiger partial charge in [0.25, 0.3) is 0 Å². The Hall–Kier alpha value is -3.88. The van der Waals surface area contributed by atoms with E-state index >= 15 is 0 Å². The van der Waals surface area contributed by atoms with Crippen molar-refractivity contribution in [2.24, 2.45) is 0 Å². The molecule has 0 saturated heterocycles. The molecule has 0 bridgehead atoms. The average molecular weight is 443 g/mol. The normalized spacial score (nSPS) is 14.7. The second kappa shape index (κ2) is 6.21. The molecule has 0 atom stereocenters. The van der Waals surface area contributed by atoms with Crippen LogP contribution in [0.2, 0.25) is 0 Å². The molecular formula is C33H22BN. The van der Waals surface area contributed by atoms with E-state index in [1.165, 1.54) is 86.5 Å². The Kier molecular flexibility index (Phi) is 3.28. The van der Waals surface area contributed by atoms with Gasteiger partial charge < -0.3 is 4.90 Å². The minimum absolute atomic E-state index is 1.05. The van der Waals surface area contributed by atoms with E-state index in [9.17, 15) is 0 Å². The van der Waals surface area contributed by atoms with E-state index in [1.54, 1.807) is 0 Å². The van der Waals surface area contributed by atoms with E-state index in [0.717, 1.165) is 19.5 Å². The van der Waals surface area contributed by atoms with E-state index < -0.39 is 0 Å². The summed E-state index contributed by atoms with van der Waals surface area (Å²) in [5.74, 6) is 0. The summed E-state index contributed by atoms with van der Waals surface area (Å²) >= 11 is 0. The van der Waals surface area contributed by atoms with Crippen LogP contribution < -0.4 is 0 Å². The first kappa shape index (κ1) is 18.5. The molecule has 0 amide bonds. The Morgan fingerprint density at radius 2 is 0.857 bits per heavy atom. The minimum atomic E-state index is 1.05. The van der Waals surface area contributed by atoms with Crippen molar-refractivity contribution in [3.8, 4) is 0 Å². The lowest BCUT2D eigenvalue weighted by Crippen LogP contribution is -2.27. The van der Waals surface area contributed by atoms with Gasteiger partial charge in [-0.3, -0.25) is 0 Å². The second-order valence-electron chi connectivity index (χ2n) is 10.4. The maximum Gasteiger partial charge on any atom is 0.119 e. The van der Waals surface area contributed by atoms with Gasteiger partial charge in [0.1, 0.15) is 7.85 Å². The van der Waals surface area contributed by atoms with E-state index in [4.69, 9.17) is 0 Å². The molecular weight excluding hydrogens is 421 g/mol. The maximum absolute atomic E-state index is 2.54. The zero-order valence-electron chi connectivity index (χ0n) is 19.7. The summed E-state index contributed by atoms with van der Waals surface area (Å²) in [6.07, 6.45) is 1.09. The van der Waals surface area contributed by atoms with E-state index in [0.29, 0.717) is 0 Å². The number of rotatable bonds is 1. The van der Waals surface area contributed by atoms with Gasteiger partial charge in [0.15, 0.2) is 0 Å². The molecule has 1 heterocycles. The smallest absolute Gasteiger partial charge is 0.119 e. The molecule has 9 rings (SSSR count). The van der Waals surface area contributed by atoms with Crippen LogP contribution in [0.1, 0.15) is 11.1 Å². The molecule has 1 aliphatic rings. The summed E-state index contributed by atoms with van der Waals surface area (Å²) in [6, 6.07) is 32.6. The van der Waals surface area contributed by atoms with Gasteiger partial charge in [-0.2, -0.15) is 0 Å². The highest BCUT2D eigenvalue weighted by atomic mass is 15.1. The van der Waals surface area contributed by atoms with Crippen LogP contribution in [0.25, 0.3) is 75.4 Å². The van der Waals surface area contributed by atoms with Crippen LogP contribution in [0.4, 0.5) is 0 Å². The largest absolute Gasteiger partial charge is 0.303 e. The van der Waals surface area contributed by atoms with Gasteiger partial charge in [0.05, 0.1) is 0 Å². The fourth-order valence-electron chi connectivity index (χ4n) is 7.30. The molecule has 0 unspecified atom stereocenters. The molecule has 0 aromatic heterocycles. The van der Waals surface area contributed by atoms with E-state index in [2.05, 4.69) is 97.7 Å². The molecule has 1 nitrogen and oxygen atoms in total. The first-order valence-corrected chi connectivity index (χ1v) is 12.7. The van der Waals surface area contributed by atoms with Crippen LogP contribution in [0, 0.1) is 0 Å². The van der Waals surface area contributed by atoms with Gasteiger partial charge in [0.2, 0.25) is 0 Å². The van der Waals surface area contributed by atoms with Crippen LogP contribution in [-0.4, -0.2) is 19.2 Å². The van der Waals surface area contributed by atoms with Gasteiger partial charge >= 0.3 is 0 Å². The summed E-state index contributed by atoms with van der Waals surface area (Å²) in [5, 5.41) is 19.6. The third-order valence-electron chi connectivity index (χ3n) is 8.79. The molecule has 0 fully saturated rings. The minimum Gasteiger partial charge on any atom is -0.303 e. The highest BCUT2D eigenvalue weighted by Gasteiger charge is 2.23. The first-order chi connectivity index (χ1) is 17.3. The van der Waals surface area contributed by atoms with Gasteiger partial charge in [-0.1, -0.05) is 84.9 Å². The van der Waals surface area contributed by atoms with Crippen molar-refractivity contribution < 1.29 is 0 Å². The lowest BCUT2D eigenvalue weighted by Gasteiger charge is -2.29. The number of nitrogens with zero attached hydrogens (tertiary/aromatic N) is 1. The standard InChI is InChI=1S/C33H22BN/c34-17-35-15-19-7-9-23-27-13-11-25-21-5-1-3-18-4-2-6-22(30(18)21)26-12-14-28(33(27)32(25)26)24-10-8-20(16-35)29(19)31(23)24/h1-14H,15-17,34H2. The molecule has 8 aromatic rings. The van der Waals surface area contributed by atoms with Crippen molar-refractivity contribution >= 4 is 83.3 Å². The van der Waals surface area contributed by atoms with Crippen molar-refractivity contribution in [3.05, 3.63) is 96.1 Å².